The van der Waals surface area contributed by atoms with Crippen LogP contribution in [0.4, 0.5) is 5.95 Å². The van der Waals surface area contributed by atoms with E-state index in [9.17, 15) is 8.42 Å². The fraction of sp³-hybridized carbons (Fsp3) is 0.692. The van der Waals surface area contributed by atoms with Crippen LogP contribution in [0.3, 0.4) is 0 Å². The number of rotatable bonds is 4. The summed E-state index contributed by atoms with van der Waals surface area (Å²) in [6, 6.07) is 0.0317. The van der Waals surface area contributed by atoms with Crippen LogP contribution in [0.15, 0.2) is 17.3 Å². The van der Waals surface area contributed by atoms with Crippen molar-refractivity contribution in [3.05, 3.63) is 12.4 Å². The molecule has 0 saturated heterocycles. The molecule has 0 atom stereocenters. The van der Waals surface area contributed by atoms with E-state index in [1.54, 1.807) is 7.05 Å². The monoisotopic (exact) mass is 298 g/mol. The molecule has 1 aromatic heterocycles. The minimum Gasteiger partial charge on any atom is -0.357 e. The van der Waals surface area contributed by atoms with E-state index in [0.717, 1.165) is 25.7 Å². The standard InChI is InChI=1S/C13H22N4O2S/c1-14-13-15-9-12(10-16-13)20(18,19)17-11-7-5-3-2-4-6-8-11/h9-11,17H,2-8H2,1H3,(H,14,15,16). The zero-order valence-corrected chi connectivity index (χ0v) is 12.6. The molecule has 0 aromatic carbocycles. The topological polar surface area (TPSA) is 84.0 Å². The molecule has 0 aliphatic heterocycles. The van der Waals surface area contributed by atoms with Gasteiger partial charge in [-0.15, -0.1) is 0 Å². The molecule has 0 spiro atoms. The van der Waals surface area contributed by atoms with E-state index >= 15 is 0 Å². The zero-order valence-electron chi connectivity index (χ0n) is 11.8. The van der Waals surface area contributed by atoms with Gasteiger partial charge in [0.2, 0.25) is 16.0 Å². The Labute approximate surface area is 120 Å². The Kier molecular flexibility index (Phi) is 5.31. The lowest BCUT2D eigenvalue weighted by atomic mass is 9.97. The van der Waals surface area contributed by atoms with E-state index in [4.69, 9.17) is 0 Å². The largest absolute Gasteiger partial charge is 0.357 e. The Balaban J connectivity index is 2.04. The van der Waals surface area contributed by atoms with Crippen molar-refractivity contribution in [3.63, 3.8) is 0 Å². The van der Waals surface area contributed by atoms with Crippen LogP contribution >= 0.6 is 0 Å². The number of anilines is 1. The van der Waals surface area contributed by atoms with Gasteiger partial charge in [0.1, 0.15) is 4.90 Å². The SMILES string of the molecule is CNc1ncc(S(=O)(=O)NC2CCCCCCC2)cn1. The summed E-state index contributed by atoms with van der Waals surface area (Å²) in [4.78, 5) is 8.02. The summed E-state index contributed by atoms with van der Waals surface area (Å²) in [5, 5.41) is 2.76. The Morgan fingerprint density at radius 1 is 1.05 bits per heavy atom. The Bertz CT molecular complexity index is 508. The van der Waals surface area contributed by atoms with Gasteiger partial charge >= 0.3 is 0 Å². The molecule has 2 rings (SSSR count). The normalized spacial score (nSPS) is 18.2. The van der Waals surface area contributed by atoms with Crippen molar-refractivity contribution in [2.75, 3.05) is 12.4 Å². The van der Waals surface area contributed by atoms with Gasteiger partial charge in [-0.3, -0.25) is 0 Å². The third-order valence-corrected chi connectivity index (χ3v) is 5.06. The molecule has 1 aliphatic carbocycles. The van der Waals surface area contributed by atoms with Gasteiger partial charge in [-0.2, -0.15) is 0 Å². The van der Waals surface area contributed by atoms with E-state index in [0.29, 0.717) is 5.95 Å². The van der Waals surface area contributed by atoms with Gasteiger partial charge in [-0.1, -0.05) is 32.1 Å². The highest BCUT2D eigenvalue weighted by Gasteiger charge is 2.21. The highest BCUT2D eigenvalue weighted by molar-refractivity contribution is 7.89. The fourth-order valence-corrected chi connectivity index (χ4v) is 3.64. The highest BCUT2D eigenvalue weighted by atomic mass is 32.2. The summed E-state index contributed by atoms with van der Waals surface area (Å²) in [7, 11) is -1.83. The Morgan fingerprint density at radius 2 is 1.60 bits per heavy atom. The lowest BCUT2D eigenvalue weighted by Crippen LogP contribution is -2.35. The number of nitrogens with zero attached hydrogens (tertiary/aromatic N) is 2. The van der Waals surface area contributed by atoms with Crippen LogP contribution < -0.4 is 10.0 Å². The van der Waals surface area contributed by atoms with Gasteiger partial charge in [0, 0.05) is 13.1 Å². The Morgan fingerprint density at radius 3 is 2.15 bits per heavy atom. The van der Waals surface area contributed by atoms with Crippen molar-refractivity contribution in [2.45, 2.75) is 55.9 Å². The second kappa shape index (κ2) is 6.99. The summed E-state index contributed by atoms with van der Waals surface area (Å²) in [6.07, 6.45) is 10.3. The molecule has 0 bridgehead atoms. The predicted molar refractivity (Wildman–Crippen MR) is 78.0 cm³/mol. The first-order chi connectivity index (χ1) is 9.62. The van der Waals surface area contributed by atoms with Crippen LogP contribution in [0.25, 0.3) is 0 Å². The van der Waals surface area contributed by atoms with Crippen LogP contribution in [-0.2, 0) is 10.0 Å². The highest BCUT2D eigenvalue weighted by Crippen LogP contribution is 2.19. The molecule has 1 fully saturated rings. The first-order valence-electron chi connectivity index (χ1n) is 7.14. The summed E-state index contributed by atoms with van der Waals surface area (Å²) in [6.45, 7) is 0. The molecule has 1 heterocycles. The van der Waals surface area contributed by atoms with Gasteiger partial charge in [-0.25, -0.2) is 23.1 Å². The van der Waals surface area contributed by atoms with Crippen molar-refractivity contribution in [1.82, 2.24) is 14.7 Å². The van der Waals surface area contributed by atoms with Crippen molar-refractivity contribution in [1.29, 1.82) is 0 Å². The molecular weight excluding hydrogens is 276 g/mol. The van der Waals surface area contributed by atoms with Crippen molar-refractivity contribution in [2.24, 2.45) is 0 Å². The fourth-order valence-electron chi connectivity index (χ4n) is 2.45. The predicted octanol–water partition coefficient (Wildman–Crippen LogP) is 1.91. The maximum Gasteiger partial charge on any atom is 0.243 e. The van der Waals surface area contributed by atoms with Crippen LogP contribution in [0.2, 0.25) is 0 Å². The minimum absolute atomic E-state index is 0.0317. The molecule has 20 heavy (non-hydrogen) atoms. The maximum absolute atomic E-state index is 12.3. The molecule has 0 radical (unpaired) electrons. The average molecular weight is 298 g/mol. The molecule has 1 aromatic rings. The third kappa shape index (κ3) is 4.14. The molecule has 0 unspecified atom stereocenters. The van der Waals surface area contributed by atoms with Gasteiger partial charge in [0.15, 0.2) is 0 Å². The summed E-state index contributed by atoms with van der Waals surface area (Å²) in [5.41, 5.74) is 0. The number of nitrogens with one attached hydrogen (secondary N) is 2. The zero-order chi connectivity index (χ0) is 14.4. The number of hydrogen-bond donors (Lipinski definition) is 2. The van der Waals surface area contributed by atoms with E-state index in [1.807, 2.05) is 0 Å². The van der Waals surface area contributed by atoms with Crippen LogP contribution in [0.1, 0.15) is 44.9 Å². The van der Waals surface area contributed by atoms with Crippen LogP contribution in [-0.4, -0.2) is 31.5 Å². The van der Waals surface area contributed by atoms with E-state index in [2.05, 4.69) is 20.0 Å². The summed E-state index contributed by atoms with van der Waals surface area (Å²) in [5.74, 6) is 0.412. The number of sulfonamides is 1. The molecule has 6 nitrogen and oxygen atoms in total. The van der Waals surface area contributed by atoms with Crippen molar-refractivity contribution in [3.8, 4) is 0 Å². The van der Waals surface area contributed by atoms with Gasteiger partial charge < -0.3 is 5.32 Å². The molecule has 0 amide bonds. The van der Waals surface area contributed by atoms with E-state index in [1.165, 1.54) is 31.7 Å². The lowest BCUT2D eigenvalue weighted by molar-refractivity contribution is 0.426. The van der Waals surface area contributed by atoms with Gasteiger partial charge in [0.25, 0.3) is 0 Å². The molecular formula is C13H22N4O2S. The lowest BCUT2D eigenvalue weighted by Gasteiger charge is -2.20. The maximum atomic E-state index is 12.3. The summed E-state index contributed by atoms with van der Waals surface area (Å²) >= 11 is 0. The summed E-state index contributed by atoms with van der Waals surface area (Å²) < 4.78 is 27.4. The Hall–Kier alpha value is -1.21. The first-order valence-corrected chi connectivity index (χ1v) is 8.62. The first kappa shape index (κ1) is 15.2. The van der Waals surface area contributed by atoms with E-state index in [-0.39, 0.29) is 10.9 Å². The molecule has 2 N–H and O–H groups in total. The average Bonchev–Trinajstić information content (AvgIpc) is 2.42. The van der Waals surface area contributed by atoms with Crippen molar-refractivity contribution < 1.29 is 8.42 Å². The molecule has 112 valence electrons. The van der Waals surface area contributed by atoms with Crippen molar-refractivity contribution >= 4 is 16.0 Å². The second-order valence-corrected chi connectivity index (χ2v) is 6.87. The van der Waals surface area contributed by atoms with Crippen LogP contribution in [0, 0.1) is 0 Å². The van der Waals surface area contributed by atoms with Gasteiger partial charge in [-0.05, 0) is 12.8 Å². The van der Waals surface area contributed by atoms with E-state index < -0.39 is 10.0 Å². The minimum atomic E-state index is -3.52. The molecule has 1 aliphatic rings. The third-order valence-electron chi connectivity index (χ3n) is 3.59. The quantitative estimate of drug-likeness (QED) is 0.887. The number of aromatic nitrogens is 2. The molecule has 1 saturated carbocycles. The molecule has 7 heteroatoms. The second-order valence-electron chi connectivity index (χ2n) is 5.16. The van der Waals surface area contributed by atoms with Crippen LogP contribution in [0.5, 0.6) is 0 Å². The number of hydrogen-bond acceptors (Lipinski definition) is 5. The smallest absolute Gasteiger partial charge is 0.243 e. The van der Waals surface area contributed by atoms with Gasteiger partial charge in [0.05, 0.1) is 12.4 Å².